The first-order chi connectivity index (χ1) is 7.80. The van der Waals surface area contributed by atoms with Crippen LogP contribution >= 0.6 is 0 Å². The predicted molar refractivity (Wildman–Crippen MR) is 60.8 cm³/mol. The van der Waals surface area contributed by atoms with Crippen molar-refractivity contribution in [1.82, 2.24) is 4.31 Å². The predicted octanol–water partition coefficient (Wildman–Crippen LogP) is 0.762. The van der Waals surface area contributed by atoms with E-state index in [4.69, 9.17) is 9.52 Å². The molecule has 0 aliphatic carbocycles. The molecule has 1 rings (SSSR count). The zero-order valence-electron chi connectivity index (χ0n) is 9.66. The fourth-order valence-electron chi connectivity index (χ4n) is 1.28. The SMILES string of the molecule is CC(CN(Cc1ccco1)S(C)(=O)=O)C(=O)O. The van der Waals surface area contributed by atoms with Crippen molar-refractivity contribution >= 4 is 16.0 Å². The number of hydrogen-bond donors (Lipinski definition) is 1. The summed E-state index contributed by atoms with van der Waals surface area (Å²) in [7, 11) is -3.46. The second-order valence-electron chi connectivity index (χ2n) is 3.87. The fraction of sp³-hybridized carbons (Fsp3) is 0.500. The van der Waals surface area contributed by atoms with Crippen molar-refractivity contribution in [2.75, 3.05) is 12.8 Å². The average molecular weight is 261 g/mol. The van der Waals surface area contributed by atoms with Gasteiger partial charge >= 0.3 is 5.97 Å². The number of nitrogens with zero attached hydrogens (tertiary/aromatic N) is 1. The van der Waals surface area contributed by atoms with E-state index in [2.05, 4.69) is 0 Å². The topological polar surface area (TPSA) is 87.8 Å². The van der Waals surface area contributed by atoms with Gasteiger partial charge in [0, 0.05) is 6.54 Å². The van der Waals surface area contributed by atoms with Crippen LogP contribution in [0, 0.1) is 5.92 Å². The number of carbonyl (C=O) groups is 1. The molecule has 1 N–H and O–H groups in total. The van der Waals surface area contributed by atoms with E-state index in [9.17, 15) is 13.2 Å². The molecule has 1 heterocycles. The van der Waals surface area contributed by atoms with Crippen molar-refractivity contribution in [2.24, 2.45) is 5.92 Å². The number of rotatable bonds is 6. The molecule has 7 heteroatoms. The van der Waals surface area contributed by atoms with Gasteiger partial charge in [0.15, 0.2) is 0 Å². The van der Waals surface area contributed by atoms with Crippen LogP contribution in [0.4, 0.5) is 0 Å². The minimum absolute atomic E-state index is 0.0451. The standard InChI is InChI=1S/C10H15NO5S/c1-8(10(12)13)6-11(17(2,14)15)7-9-4-3-5-16-9/h3-5,8H,6-7H2,1-2H3,(H,12,13). The number of sulfonamides is 1. The normalized spacial score (nSPS) is 13.8. The van der Waals surface area contributed by atoms with E-state index in [0.29, 0.717) is 5.76 Å². The molecule has 0 fully saturated rings. The fourth-order valence-corrected chi connectivity index (χ4v) is 2.13. The largest absolute Gasteiger partial charge is 0.481 e. The maximum atomic E-state index is 11.5. The first kappa shape index (κ1) is 13.7. The van der Waals surface area contributed by atoms with Gasteiger partial charge in [-0.1, -0.05) is 6.92 Å². The lowest BCUT2D eigenvalue weighted by Gasteiger charge is -2.20. The minimum atomic E-state index is -3.46. The van der Waals surface area contributed by atoms with Crippen molar-refractivity contribution in [2.45, 2.75) is 13.5 Å². The molecule has 0 aliphatic rings. The van der Waals surface area contributed by atoms with Crippen molar-refractivity contribution in [3.05, 3.63) is 24.2 Å². The van der Waals surface area contributed by atoms with E-state index in [-0.39, 0.29) is 13.1 Å². The summed E-state index contributed by atoms with van der Waals surface area (Å²) < 4.78 is 29.1. The summed E-state index contributed by atoms with van der Waals surface area (Å²) in [6.45, 7) is 1.43. The maximum Gasteiger partial charge on any atom is 0.307 e. The van der Waals surface area contributed by atoms with Crippen molar-refractivity contribution < 1.29 is 22.7 Å². The first-order valence-electron chi connectivity index (χ1n) is 5.01. The second-order valence-corrected chi connectivity index (χ2v) is 5.86. The summed E-state index contributed by atoms with van der Waals surface area (Å²) in [5.74, 6) is -1.31. The molecule has 0 saturated carbocycles. The quantitative estimate of drug-likeness (QED) is 0.816. The number of aliphatic carboxylic acids is 1. The third kappa shape index (κ3) is 4.20. The molecule has 1 aromatic heterocycles. The molecule has 0 saturated heterocycles. The Kier molecular flexibility index (Phi) is 4.30. The van der Waals surface area contributed by atoms with Crippen molar-refractivity contribution in [1.29, 1.82) is 0 Å². The van der Waals surface area contributed by atoms with E-state index >= 15 is 0 Å². The van der Waals surface area contributed by atoms with E-state index in [1.165, 1.54) is 13.2 Å². The molecule has 0 radical (unpaired) electrons. The van der Waals surface area contributed by atoms with Gasteiger partial charge in [0.1, 0.15) is 5.76 Å². The molecule has 0 bridgehead atoms. The van der Waals surface area contributed by atoms with Crippen LogP contribution in [0.1, 0.15) is 12.7 Å². The van der Waals surface area contributed by atoms with Crippen LogP contribution in [0.25, 0.3) is 0 Å². The van der Waals surface area contributed by atoms with Gasteiger partial charge in [-0.2, -0.15) is 4.31 Å². The van der Waals surface area contributed by atoms with E-state index in [0.717, 1.165) is 10.6 Å². The molecule has 0 amide bonds. The zero-order chi connectivity index (χ0) is 13.1. The molecule has 0 spiro atoms. The summed E-state index contributed by atoms with van der Waals surface area (Å²) in [5, 5.41) is 8.78. The van der Waals surface area contributed by atoms with Crippen LogP contribution in [0.5, 0.6) is 0 Å². The number of hydrogen-bond acceptors (Lipinski definition) is 4. The molecule has 0 aromatic carbocycles. The van der Waals surface area contributed by atoms with Crippen LogP contribution in [0.15, 0.2) is 22.8 Å². The third-order valence-corrected chi connectivity index (χ3v) is 3.50. The summed E-state index contributed by atoms with van der Waals surface area (Å²) >= 11 is 0. The Bertz CT molecular complexity index is 465. The Labute approximate surface area is 99.9 Å². The zero-order valence-corrected chi connectivity index (χ0v) is 10.5. The highest BCUT2D eigenvalue weighted by Crippen LogP contribution is 2.11. The minimum Gasteiger partial charge on any atom is -0.481 e. The number of furan rings is 1. The van der Waals surface area contributed by atoms with Crippen molar-refractivity contribution in [3.63, 3.8) is 0 Å². The Morgan fingerprint density at radius 1 is 1.59 bits per heavy atom. The first-order valence-corrected chi connectivity index (χ1v) is 6.86. The van der Waals surface area contributed by atoms with Crippen LogP contribution in [0.3, 0.4) is 0 Å². The summed E-state index contributed by atoms with van der Waals surface area (Å²) in [5.41, 5.74) is 0. The van der Waals surface area contributed by atoms with Crippen LogP contribution < -0.4 is 0 Å². The lowest BCUT2D eigenvalue weighted by Crippen LogP contribution is -2.35. The van der Waals surface area contributed by atoms with Gasteiger partial charge in [-0.05, 0) is 12.1 Å². The number of carboxylic acid groups (broad SMARTS) is 1. The summed E-state index contributed by atoms with van der Waals surface area (Å²) in [6, 6.07) is 3.29. The van der Waals surface area contributed by atoms with Gasteiger partial charge in [0.05, 0.1) is 25.0 Å². The van der Waals surface area contributed by atoms with Crippen molar-refractivity contribution in [3.8, 4) is 0 Å². The van der Waals surface area contributed by atoms with E-state index in [1.807, 2.05) is 0 Å². The molecular weight excluding hydrogens is 246 g/mol. The summed E-state index contributed by atoms with van der Waals surface area (Å²) in [6.07, 6.45) is 2.49. The molecule has 1 aromatic rings. The molecule has 0 aliphatic heterocycles. The molecule has 1 unspecified atom stereocenters. The second kappa shape index (κ2) is 5.33. The molecule has 1 atom stereocenters. The van der Waals surface area contributed by atoms with E-state index in [1.54, 1.807) is 12.1 Å². The lowest BCUT2D eigenvalue weighted by molar-refractivity contribution is -0.141. The van der Waals surface area contributed by atoms with Gasteiger partial charge in [0.25, 0.3) is 0 Å². The van der Waals surface area contributed by atoms with E-state index < -0.39 is 21.9 Å². The smallest absolute Gasteiger partial charge is 0.307 e. The monoisotopic (exact) mass is 261 g/mol. The average Bonchev–Trinajstić information content (AvgIpc) is 2.67. The van der Waals surface area contributed by atoms with Gasteiger partial charge < -0.3 is 9.52 Å². The van der Waals surface area contributed by atoms with Crippen LogP contribution in [-0.2, 0) is 21.4 Å². The van der Waals surface area contributed by atoms with Gasteiger partial charge in [-0.3, -0.25) is 4.79 Å². The highest BCUT2D eigenvalue weighted by molar-refractivity contribution is 7.88. The molecule has 17 heavy (non-hydrogen) atoms. The summed E-state index contributed by atoms with van der Waals surface area (Å²) in [4.78, 5) is 10.7. The van der Waals surface area contributed by atoms with Gasteiger partial charge in [-0.25, -0.2) is 8.42 Å². The van der Waals surface area contributed by atoms with Crippen LogP contribution in [0.2, 0.25) is 0 Å². The molecule has 6 nitrogen and oxygen atoms in total. The maximum absolute atomic E-state index is 11.5. The van der Waals surface area contributed by atoms with Gasteiger partial charge in [0.2, 0.25) is 10.0 Å². The third-order valence-electron chi connectivity index (χ3n) is 2.28. The Morgan fingerprint density at radius 3 is 2.65 bits per heavy atom. The molecular formula is C10H15NO5S. The van der Waals surface area contributed by atoms with Gasteiger partial charge in [-0.15, -0.1) is 0 Å². The Hall–Kier alpha value is -1.34. The highest BCUT2D eigenvalue weighted by Gasteiger charge is 2.23. The Balaban J connectivity index is 2.79. The lowest BCUT2D eigenvalue weighted by atomic mass is 10.2. The highest BCUT2D eigenvalue weighted by atomic mass is 32.2. The molecule has 96 valence electrons. The number of carboxylic acids is 1. The Morgan fingerprint density at radius 2 is 2.24 bits per heavy atom. The van der Waals surface area contributed by atoms with Crippen LogP contribution in [-0.4, -0.2) is 36.6 Å².